The molecule has 1 spiro atoms. The molecule has 2 amide bonds. The molecule has 7 nitrogen and oxygen atoms in total. The molecule has 0 N–H and O–H groups in total. The second-order valence-corrected chi connectivity index (χ2v) is 6.43. The van der Waals surface area contributed by atoms with Crippen molar-refractivity contribution in [3.05, 3.63) is 42.9 Å². The van der Waals surface area contributed by atoms with Crippen LogP contribution in [0.5, 0.6) is 0 Å². The molecule has 2 saturated heterocycles. The summed E-state index contributed by atoms with van der Waals surface area (Å²) >= 11 is 0. The predicted molar refractivity (Wildman–Crippen MR) is 85.3 cm³/mol. The number of furan rings is 1. The summed E-state index contributed by atoms with van der Waals surface area (Å²) in [6.07, 6.45) is 10.1. The minimum Gasteiger partial charge on any atom is -0.472 e. The Morgan fingerprint density at radius 2 is 2.04 bits per heavy atom. The van der Waals surface area contributed by atoms with E-state index in [1.807, 2.05) is 0 Å². The largest absolute Gasteiger partial charge is 0.472 e. The quantitative estimate of drug-likeness (QED) is 0.839. The Hall–Kier alpha value is -2.70. The Morgan fingerprint density at radius 3 is 2.79 bits per heavy atom. The summed E-state index contributed by atoms with van der Waals surface area (Å²) in [5.41, 5.74) is 0.761. The molecule has 1 atom stereocenters. The fourth-order valence-electron chi connectivity index (χ4n) is 3.75. The number of carbonyl (C=O) groups excluding carboxylic acids is 2. The number of piperidine rings is 1. The molecule has 2 aromatic heterocycles. The van der Waals surface area contributed by atoms with Gasteiger partial charge in [0.2, 0.25) is 5.91 Å². The summed E-state index contributed by atoms with van der Waals surface area (Å²) in [6, 6.07) is 1.66. The van der Waals surface area contributed by atoms with Crippen molar-refractivity contribution in [2.45, 2.75) is 19.3 Å². The van der Waals surface area contributed by atoms with Crippen LogP contribution >= 0.6 is 0 Å². The number of nitrogens with zero attached hydrogens (tertiary/aromatic N) is 4. The average molecular weight is 326 g/mol. The normalized spacial score (nSPS) is 23.9. The molecule has 2 fully saturated rings. The zero-order valence-corrected chi connectivity index (χ0v) is 13.2. The standard InChI is InChI=1S/C17H18N4O3/c22-15(13-2-7-24-10-13)20-5-1-3-17(11-20)4-6-21(16(17)23)14-8-18-12-19-9-14/h2,7-10,12H,1,3-6,11H2. The summed E-state index contributed by atoms with van der Waals surface area (Å²) in [4.78, 5) is 37.1. The summed E-state index contributed by atoms with van der Waals surface area (Å²) in [7, 11) is 0. The van der Waals surface area contributed by atoms with E-state index in [1.54, 1.807) is 28.3 Å². The van der Waals surface area contributed by atoms with Crippen LogP contribution in [0.2, 0.25) is 0 Å². The van der Waals surface area contributed by atoms with E-state index < -0.39 is 5.41 Å². The summed E-state index contributed by atoms with van der Waals surface area (Å²) in [5, 5.41) is 0. The molecule has 0 saturated carbocycles. The number of aromatic nitrogens is 2. The summed E-state index contributed by atoms with van der Waals surface area (Å²) < 4.78 is 5.00. The van der Waals surface area contributed by atoms with E-state index >= 15 is 0 Å². The third kappa shape index (κ3) is 2.36. The zero-order valence-electron chi connectivity index (χ0n) is 13.2. The second-order valence-electron chi connectivity index (χ2n) is 6.43. The van der Waals surface area contributed by atoms with Gasteiger partial charge in [-0.05, 0) is 25.3 Å². The lowest BCUT2D eigenvalue weighted by molar-refractivity contribution is -0.127. The molecule has 0 radical (unpaired) electrons. The van der Waals surface area contributed by atoms with E-state index in [-0.39, 0.29) is 11.8 Å². The van der Waals surface area contributed by atoms with Crippen LogP contribution in [0.1, 0.15) is 29.6 Å². The van der Waals surface area contributed by atoms with Gasteiger partial charge in [0.05, 0.1) is 35.3 Å². The topological polar surface area (TPSA) is 79.5 Å². The van der Waals surface area contributed by atoms with Gasteiger partial charge >= 0.3 is 0 Å². The predicted octanol–water partition coefficient (Wildman–Crippen LogP) is 1.73. The van der Waals surface area contributed by atoms with Crippen molar-refractivity contribution >= 4 is 17.5 Å². The molecule has 2 aliphatic rings. The van der Waals surface area contributed by atoms with Crippen LogP contribution in [0.4, 0.5) is 5.69 Å². The highest BCUT2D eigenvalue weighted by molar-refractivity contribution is 6.01. The van der Waals surface area contributed by atoms with E-state index in [0.29, 0.717) is 25.2 Å². The van der Waals surface area contributed by atoms with Gasteiger partial charge in [-0.2, -0.15) is 0 Å². The van der Waals surface area contributed by atoms with Crippen molar-refractivity contribution in [3.8, 4) is 0 Å². The Labute approximate surface area is 139 Å². The Bertz CT molecular complexity index is 746. The fraction of sp³-hybridized carbons (Fsp3) is 0.412. The van der Waals surface area contributed by atoms with Crippen LogP contribution in [-0.4, -0.2) is 46.3 Å². The molecule has 24 heavy (non-hydrogen) atoms. The number of amides is 2. The van der Waals surface area contributed by atoms with Crippen LogP contribution in [0.3, 0.4) is 0 Å². The number of hydrogen-bond acceptors (Lipinski definition) is 5. The molecule has 124 valence electrons. The molecule has 0 aromatic carbocycles. The maximum Gasteiger partial charge on any atom is 0.257 e. The lowest BCUT2D eigenvalue weighted by Gasteiger charge is -2.38. The fourth-order valence-corrected chi connectivity index (χ4v) is 3.75. The maximum absolute atomic E-state index is 13.1. The minimum atomic E-state index is -0.493. The summed E-state index contributed by atoms with van der Waals surface area (Å²) in [5.74, 6) is -0.000821. The Morgan fingerprint density at radius 1 is 1.21 bits per heavy atom. The van der Waals surface area contributed by atoms with Crippen molar-refractivity contribution in [1.82, 2.24) is 14.9 Å². The first-order valence-corrected chi connectivity index (χ1v) is 8.08. The van der Waals surface area contributed by atoms with E-state index in [1.165, 1.54) is 18.9 Å². The molecule has 7 heteroatoms. The van der Waals surface area contributed by atoms with Crippen molar-refractivity contribution in [2.75, 3.05) is 24.5 Å². The van der Waals surface area contributed by atoms with E-state index in [2.05, 4.69) is 9.97 Å². The highest BCUT2D eigenvalue weighted by atomic mass is 16.3. The average Bonchev–Trinajstić information content (AvgIpc) is 3.26. The van der Waals surface area contributed by atoms with Crippen LogP contribution in [-0.2, 0) is 4.79 Å². The lowest BCUT2D eigenvalue weighted by Crippen LogP contribution is -2.49. The first-order valence-electron chi connectivity index (χ1n) is 8.08. The zero-order chi connectivity index (χ0) is 16.6. The van der Waals surface area contributed by atoms with Crippen LogP contribution < -0.4 is 4.90 Å². The van der Waals surface area contributed by atoms with Gasteiger partial charge in [0.1, 0.15) is 12.6 Å². The van der Waals surface area contributed by atoms with Gasteiger partial charge in [-0.25, -0.2) is 9.97 Å². The van der Waals surface area contributed by atoms with Crippen molar-refractivity contribution in [2.24, 2.45) is 5.41 Å². The number of rotatable bonds is 2. The molecule has 1 unspecified atom stereocenters. The molecule has 4 rings (SSSR count). The number of carbonyl (C=O) groups is 2. The second kappa shape index (κ2) is 5.74. The van der Waals surface area contributed by atoms with Gasteiger partial charge in [-0.3, -0.25) is 9.59 Å². The third-order valence-electron chi connectivity index (χ3n) is 5.00. The van der Waals surface area contributed by atoms with E-state index in [9.17, 15) is 9.59 Å². The van der Waals surface area contributed by atoms with E-state index in [4.69, 9.17) is 4.42 Å². The van der Waals surface area contributed by atoms with Gasteiger partial charge < -0.3 is 14.2 Å². The van der Waals surface area contributed by atoms with E-state index in [0.717, 1.165) is 24.9 Å². The third-order valence-corrected chi connectivity index (χ3v) is 5.00. The number of anilines is 1. The smallest absolute Gasteiger partial charge is 0.257 e. The van der Waals surface area contributed by atoms with Gasteiger partial charge in [0.15, 0.2) is 0 Å². The Kier molecular flexibility index (Phi) is 3.55. The van der Waals surface area contributed by atoms with Gasteiger partial charge in [-0.15, -0.1) is 0 Å². The van der Waals surface area contributed by atoms with Crippen LogP contribution in [0.15, 0.2) is 41.7 Å². The molecule has 2 aliphatic heterocycles. The van der Waals surface area contributed by atoms with Gasteiger partial charge in [0.25, 0.3) is 5.91 Å². The van der Waals surface area contributed by atoms with Crippen LogP contribution in [0, 0.1) is 5.41 Å². The van der Waals surface area contributed by atoms with Crippen molar-refractivity contribution < 1.29 is 14.0 Å². The summed E-state index contributed by atoms with van der Waals surface area (Å²) in [6.45, 7) is 1.77. The minimum absolute atomic E-state index is 0.0713. The van der Waals surface area contributed by atoms with Crippen LogP contribution in [0.25, 0.3) is 0 Å². The maximum atomic E-state index is 13.1. The molecule has 0 aliphatic carbocycles. The monoisotopic (exact) mass is 326 g/mol. The molecule has 4 heterocycles. The SMILES string of the molecule is O=C(c1ccoc1)N1CCCC2(CCN(c3cncnc3)C2=O)C1. The van der Waals surface area contributed by atoms with Gasteiger partial charge in [-0.1, -0.05) is 0 Å². The van der Waals surface area contributed by atoms with Gasteiger partial charge in [0, 0.05) is 19.6 Å². The lowest BCUT2D eigenvalue weighted by atomic mass is 9.78. The molecule has 0 bridgehead atoms. The van der Waals surface area contributed by atoms with Crippen molar-refractivity contribution in [3.63, 3.8) is 0 Å². The first-order chi connectivity index (χ1) is 11.7. The number of hydrogen-bond donors (Lipinski definition) is 0. The molecular weight excluding hydrogens is 308 g/mol. The number of likely N-dealkylation sites (tertiary alicyclic amines) is 1. The molecular formula is C17H18N4O3. The van der Waals surface area contributed by atoms with Crippen molar-refractivity contribution in [1.29, 1.82) is 0 Å². The molecule has 2 aromatic rings. The first kappa shape index (κ1) is 14.9. The highest BCUT2D eigenvalue weighted by Crippen LogP contribution is 2.41. The Balaban J connectivity index is 1.55. The highest BCUT2D eigenvalue weighted by Gasteiger charge is 2.50.